The van der Waals surface area contributed by atoms with E-state index in [0.29, 0.717) is 17.9 Å². The van der Waals surface area contributed by atoms with Crippen molar-refractivity contribution in [3.8, 4) is 11.1 Å². The summed E-state index contributed by atoms with van der Waals surface area (Å²) in [4.78, 5) is 19.1. The monoisotopic (exact) mass is 563 g/mol. The highest BCUT2D eigenvalue weighted by atomic mass is 15.3. The van der Waals surface area contributed by atoms with Crippen molar-refractivity contribution in [2.24, 2.45) is 7.05 Å². The molecule has 0 atom stereocenters. The van der Waals surface area contributed by atoms with Crippen molar-refractivity contribution in [1.82, 2.24) is 33.9 Å². The van der Waals surface area contributed by atoms with Crippen LogP contribution in [0.5, 0.6) is 0 Å². The molecule has 3 aromatic heterocycles. The molecular formula is C33H41N9. The molecule has 0 bridgehead atoms. The zero-order valence-corrected chi connectivity index (χ0v) is 25.1. The van der Waals surface area contributed by atoms with Gasteiger partial charge in [0.2, 0.25) is 5.95 Å². The van der Waals surface area contributed by atoms with Crippen LogP contribution in [0, 0.1) is 13.8 Å². The molecule has 1 saturated heterocycles. The first kappa shape index (κ1) is 26.9. The summed E-state index contributed by atoms with van der Waals surface area (Å²) in [5, 5.41) is 4.46. The van der Waals surface area contributed by atoms with Crippen LogP contribution in [0.15, 0.2) is 48.9 Å². The third-order valence-electron chi connectivity index (χ3n) is 9.78. The summed E-state index contributed by atoms with van der Waals surface area (Å²) in [5.74, 6) is 1.36. The van der Waals surface area contributed by atoms with E-state index in [1.165, 1.54) is 50.1 Å². The fourth-order valence-corrected chi connectivity index (χ4v) is 6.96. The van der Waals surface area contributed by atoms with Crippen molar-refractivity contribution in [1.29, 1.82) is 0 Å². The number of aryl methyl sites for hydroxylation is 3. The van der Waals surface area contributed by atoms with Crippen LogP contribution in [0.25, 0.3) is 33.2 Å². The predicted octanol–water partition coefficient (Wildman–Crippen LogP) is 5.66. The second kappa shape index (κ2) is 10.7. The zero-order chi connectivity index (χ0) is 29.0. The normalized spacial score (nSPS) is 20.5. The molecule has 3 N–H and O–H groups in total. The number of piperazine rings is 1. The highest BCUT2D eigenvalue weighted by Crippen LogP contribution is 2.39. The largest absolute Gasteiger partial charge is 0.383 e. The second-order valence-electron chi connectivity index (χ2n) is 12.3. The first-order valence-corrected chi connectivity index (χ1v) is 15.2. The van der Waals surface area contributed by atoms with Crippen LogP contribution in [0.1, 0.15) is 42.9 Å². The molecule has 1 aliphatic heterocycles. The predicted molar refractivity (Wildman–Crippen MR) is 171 cm³/mol. The zero-order valence-electron chi connectivity index (χ0n) is 25.1. The molecule has 2 fully saturated rings. The fourth-order valence-electron chi connectivity index (χ4n) is 6.96. The van der Waals surface area contributed by atoms with Gasteiger partial charge in [0.15, 0.2) is 0 Å². The average molecular weight is 564 g/mol. The van der Waals surface area contributed by atoms with E-state index in [0.717, 1.165) is 57.7 Å². The van der Waals surface area contributed by atoms with E-state index in [1.54, 1.807) is 6.33 Å². The van der Waals surface area contributed by atoms with E-state index >= 15 is 0 Å². The lowest BCUT2D eigenvalue weighted by Gasteiger charge is -2.41. The summed E-state index contributed by atoms with van der Waals surface area (Å²) in [6.07, 6.45) is 8.63. The van der Waals surface area contributed by atoms with Crippen molar-refractivity contribution >= 4 is 39.5 Å². The van der Waals surface area contributed by atoms with E-state index in [2.05, 4.69) is 99.8 Å². The van der Waals surface area contributed by atoms with Crippen LogP contribution in [-0.2, 0) is 7.05 Å². The number of nitrogens with zero attached hydrogens (tertiary/aromatic N) is 7. The Kier molecular flexibility index (Phi) is 6.86. The molecule has 0 unspecified atom stereocenters. The first-order valence-electron chi connectivity index (χ1n) is 15.2. The maximum absolute atomic E-state index is 6.48. The lowest BCUT2D eigenvalue weighted by Crippen LogP contribution is -2.49. The molecule has 4 heterocycles. The minimum absolute atomic E-state index is 0.421. The van der Waals surface area contributed by atoms with Gasteiger partial charge in [0.1, 0.15) is 17.8 Å². The van der Waals surface area contributed by atoms with Gasteiger partial charge in [0, 0.05) is 62.8 Å². The Morgan fingerprint density at radius 1 is 0.857 bits per heavy atom. The minimum atomic E-state index is 0.421. The Hall–Kier alpha value is -3.95. The van der Waals surface area contributed by atoms with Gasteiger partial charge in [0.05, 0.1) is 16.4 Å². The highest BCUT2D eigenvalue weighted by molar-refractivity contribution is 6.00. The molecule has 1 aliphatic carbocycles. The molecule has 0 radical (unpaired) electrons. The van der Waals surface area contributed by atoms with Gasteiger partial charge >= 0.3 is 0 Å². The van der Waals surface area contributed by atoms with Gasteiger partial charge in [-0.15, -0.1) is 0 Å². The van der Waals surface area contributed by atoms with Crippen LogP contribution in [-0.4, -0.2) is 73.2 Å². The number of aromatic nitrogens is 5. The van der Waals surface area contributed by atoms with Crippen LogP contribution in [0.2, 0.25) is 0 Å². The maximum atomic E-state index is 6.48. The number of anilines is 3. The summed E-state index contributed by atoms with van der Waals surface area (Å²) >= 11 is 0. The molecular weight excluding hydrogens is 522 g/mol. The second-order valence-corrected chi connectivity index (χ2v) is 12.3. The third kappa shape index (κ3) is 4.70. The molecule has 9 nitrogen and oxygen atoms in total. The smallest absolute Gasteiger partial charge is 0.208 e. The lowest BCUT2D eigenvalue weighted by molar-refractivity contribution is 0.0828. The first-order chi connectivity index (χ1) is 20.4. The Morgan fingerprint density at radius 3 is 2.31 bits per heavy atom. The van der Waals surface area contributed by atoms with E-state index < -0.39 is 0 Å². The van der Waals surface area contributed by atoms with Crippen LogP contribution < -0.4 is 11.1 Å². The Bertz CT molecular complexity index is 1730. The number of fused-ring (bicyclic) bond motifs is 2. The number of hydrogen-bond donors (Lipinski definition) is 2. The summed E-state index contributed by atoms with van der Waals surface area (Å²) in [6.45, 7) is 8.99. The average Bonchev–Trinajstić information content (AvgIpc) is 3.55. The van der Waals surface area contributed by atoms with Crippen LogP contribution >= 0.6 is 0 Å². The number of imidazole rings is 1. The summed E-state index contributed by atoms with van der Waals surface area (Å²) in [5.41, 5.74) is 15.2. The number of hydrogen-bond acceptors (Lipinski definition) is 7. The molecule has 0 spiro atoms. The van der Waals surface area contributed by atoms with Gasteiger partial charge in [-0.2, -0.15) is 0 Å². The van der Waals surface area contributed by atoms with Gasteiger partial charge in [-0.3, -0.25) is 4.90 Å². The van der Waals surface area contributed by atoms with E-state index in [1.807, 2.05) is 0 Å². The Balaban J connectivity index is 1.13. The van der Waals surface area contributed by atoms with Gasteiger partial charge < -0.3 is 25.1 Å². The number of benzene rings is 2. The molecule has 0 amide bonds. The number of nitrogens with one attached hydrogen (secondary N) is 1. The standard InChI is InChI=1S/C33H41N9/c1-21-5-14-28-30(22(21)2)38-33(40(28)4)37-24-8-6-23(7-9-24)27-19-42(32-29(27)31(34)35-20-36-32)26-12-10-25(11-13-26)41-17-15-39(3)16-18-41/h5-9,14,19-20,25-26H,10-13,15-18H2,1-4H3,(H,37,38)(H2,34,35,36). The van der Waals surface area contributed by atoms with Crippen LogP contribution in [0.3, 0.4) is 0 Å². The Labute approximate surface area is 247 Å². The summed E-state index contributed by atoms with van der Waals surface area (Å²) in [7, 11) is 4.28. The summed E-state index contributed by atoms with van der Waals surface area (Å²) < 4.78 is 4.48. The molecule has 9 heteroatoms. The molecule has 1 saturated carbocycles. The van der Waals surface area contributed by atoms with E-state index in [9.17, 15) is 0 Å². The van der Waals surface area contributed by atoms with Crippen molar-refractivity contribution < 1.29 is 0 Å². The number of nitrogen functional groups attached to an aromatic ring is 1. The lowest BCUT2D eigenvalue weighted by atomic mass is 9.89. The fraction of sp³-hybridized carbons (Fsp3) is 0.424. The number of likely N-dealkylation sites (N-methyl/N-ethyl adjacent to an activating group) is 1. The van der Waals surface area contributed by atoms with Gasteiger partial charge in [-0.05, 0) is 81.5 Å². The quantitative estimate of drug-likeness (QED) is 0.285. The van der Waals surface area contributed by atoms with E-state index in [4.69, 9.17) is 15.7 Å². The van der Waals surface area contributed by atoms with E-state index in [-0.39, 0.29) is 0 Å². The van der Waals surface area contributed by atoms with Crippen LogP contribution in [0.4, 0.5) is 17.5 Å². The maximum Gasteiger partial charge on any atom is 0.208 e. The van der Waals surface area contributed by atoms with Crippen molar-refractivity contribution in [2.75, 3.05) is 44.3 Å². The number of rotatable bonds is 5. The molecule has 7 rings (SSSR count). The number of nitrogens with two attached hydrogens (primary N) is 1. The molecule has 218 valence electrons. The SMILES string of the molecule is Cc1ccc2c(nc(Nc3ccc(-c4cn(C5CCC(N6CCN(C)CC6)CC5)c5ncnc(N)c45)cc3)n2C)c1C. The van der Waals surface area contributed by atoms with Gasteiger partial charge in [0.25, 0.3) is 0 Å². The topological polar surface area (TPSA) is 93.1 Å². The Morgan fingerprint density at radius 2 is 1.57 bits per heavy atom. The molecule has 2 aliphatic rings. The van der Waals surface area contributed by atoms with Gasteiger partial charge in [-0.1, -0.05) is 18.2 Å². The van der Waals surface area contributed by atoms with Crippen molar-refractivity contribution in [3.63, 3.8) is 0 Å². The van der Waals surface area contributed by atoms with Crippen molar-refractivity contribution in [3.05, 3.63) is 60.0 Å². The highest BCUT2D eigenvalue weighted by Gasteiger charge is 2.30. The molecule has 5 aromatic rings. The summed E-state index contributed by atoms with van der Waals surface area (Å²) in [6, 6.07) is 13.9. The minimum Gasteiger partial charge on any atom is -0.383 e. The molecule has 42 heavy (non-hydrogen) atoms. The van der Waals surface area contributed by atoms with Crippen molar-refractivity contribution in [2.45, 2.75) is 51.6 Å². The van der Waals surface area contributed by atoms with Gasteiger partial charge in [-0.25, -0.2) is 15.0 Å². The third-order valence-corrected chi connectivity index (χ3v) is 9.78. The molecule has 2 aromatic carbocycles.